The van der Waals surface area contributed by atoms with E-state index < -0.39 is 24.6 Å². The standard InChI is InChI=1S/C27H52O5/c1-20(2)11-8-13-22(4)15-10-17-23(5)16-9-14-21(3)12-6-7-18-31-27-26(30)25(29)24(28)19-32-27/h12,20,22-30H,6-11,13-19H2,1-5H3/b21-12+/t22?,23?,24-,25+,26-,27?/m1/s1. The van der Waals surface area contributed by atoms with Gasteiger partial charge in [-0.15, -0.1) is 0 Å². The fourth-order valence-electron chi connectivity index (χ4n) is 4.37. The van der Waals surface area contributed by atoms with E-state index in [0.29, 0.717) is 6.61 Å². The lowest BCUT2D eigenvalue weighted by molar-refractivity contribution is -0.269. The second-order valence-corrected chi connectivity index (χ2v) is 10.7. The summed E-state index contributed by atoms with van der Waals surface area (Å²) in [5.74, 6) is 2.53. The Labute approximate surface area is 197 Å². The lowest BCUT2D eigenvalue weighted by Crippen LogP contribution is -2.53. The Morgan fingerprint density at radius 2 is 1.47 bits per heavy atom. The molecule has 32 heavy (non-hydrogen) atoms. The molecule has 0 aromatic rings. The Kier molecular flexibility index (Phi) is 15.8. The Morgan fingerprint density at radius 3 is 2.09 bits per heavy atom. The average Bonchev–Trinajstić information content (AvgIpc) is 2.73. The molecule has 1 aliphatic heterocycles. The van der Waals surface area contributed by atoms with Crippen molar-refractivity contribution < 1.29 is 24.8 Å². The molecule has 0 bridgehead atoms. The summed E-state index contributed by atoms with van der Waals surface area (Å²) in [5.41, 5.74) is 1.43. The van der Waals surface area contributed by atoms with Crippen molar-refractivity contribution in [2.45, 2.75) is 130 Å². The van der Waals surface area contributed by atoms with Crippen molar-refractivity contribution in [3.05, 3.63) is 11.6 Å². The predicted octanol–water partition coefficient (Wildman–Crippen LogP) is 5.61. The number of unbranched alkanes of at least 4 members (excludes halogenated alkanes) is 1. The number of hydrogen-bond donors (Lipinski definition) is 3. The molecule has 0 amide bonds. The Bertz CT molecular complexity index is 492. The third-order valence-corrected chi connectivity index (χ3v) is 6.72. The van der Waals surface area contributed by atoms with Crippen LogP contribution in [0.25, 0.3) is 0 Å². The topological polar surface area (TPSA) is 79.2 Å². The van der Waals surface area contributed by atoms with Crippen molar-refractivity contribution in [2.75, 3.05) is 13.2 Å². The van der Waals surface area contributed by atoms with Crippen LogP contribution in [0.2, 0.25) is 0 Å². The molecule has 1 rings (SSSR count). The van der Waals surface area contributed by atoms with Crippen LogP contribution in [0.4, 0.5) is 0 Å². The molecule has 1 fully saturated rings. The van der Waals surface area contributed by atoms with Crippen LogP contribution in [0.15, 0.2) is 11.6 Å². The number of allylic oxidation sites excluding steroid dienone is 2. The molecule has 0 aromatic carbocycles. The maximum Gasteiger partial charge on any atom is 0.186 e. The quantitative estimate of drug-likeness (QED) is 0.196. The van der Waals surface area contributed by atoms with Crippen molar-refractivity contribution in [3.8, 4) is 0 Å². The number of hydrogen-bond acceptors (Lipinski definition) is 5. The molecular weight excluding hydrogens is 404 g/mol. The zero-order valence-corrected chi connectivity index (χ0v) is 21.5. The van der Waals surface area contributed by atoms with Gasteiger partial charge in [-0.3, -0.25) is 0 Å². The van der Waals surface area contributed by atoms with Crippen LogP contribution in [0.1, 0.15) is 105 Å². The zero-order chi connectivity index (χ0) is 23.9. The highest BCUT2D eigenvalue weighted by molar-refractivity contribution is 4.97. The van der Waals surface area contributed by atoms with E-state index in [1.54, 1.807) is 0 Å². The van der Waals surface area contributed by atoms with Gasteiger partial charge in [0.2, 0.25) is 0 Å². The van der Waals surface area contributed by atoms with Gasteiger partial charge in [-0.2, -0.15) is 0 Å². The Morgan fingerprint density at radius 1 is 0.875 bits per heavy atom. The third-order valence-electron chi connectivity index (χ3n) is 6.72. The molecule has 3 unspecified atom stereocenters. The van der Waals surface area contributed by atoms with Crippen LogP contribution in [0.5, 0.6) is 0 Å². The lowest BCUT2D eigenvalue weighted by atomic mass is 9.91. The first-order valence-corrected chi connectivity index (χ1v) is 13.1. The molecule has 6 atom stereocenters. The molecular formula is C27H52O5. The highest BCUT2D eigenvalue weighted by Crippen LogP contribution is 2.22. The molecule has 0 spiro atoms. The molecule has 1 aliphatic rings. The molecule has 190 valence electrons. The van der Waals surface area contributed by atoms with Crippen molar-refractivity contribution in [1.82, 2.24) is 0 Å². The van der Waals surface area contributed by atoms with Crippen molar-refractivity contribution >= 4 is 0 Å². The van der Waals surface area contributed by atoms with E-state index in [2.05, 4.69) is 40.7 Å². The van der Waals surface area contributed by atoms with E-state index in [-0.39, 0.29) is 6.61 Å². The predicted molar refractivity (Wildman–Crippen MR) is 131 cm³/mol. The summed E-state index contributed by atoms with van der Waals surface area (Å²) in [6, 6.07) is 0. The summed E-state index contributed by atoms with van der Waals surface area (Å²) >= 11 is 0. The summed E-state index contributed by atoms with van der Waals surface area (Å²) in [6.07, 6.45) is 11.7. The highest BCUT2D eigenvalue weighted by Gasteiger charge is 2.37. The maximum absolute atomic E-state index is 9.86. The van der Waals surface area contributed by atoms with Gasteiger partial charge in [-0.05, 0) is 50.4 Å². The van der Waals surface area contributed by atoms with E-state index >= 15 is 0 Å². The first-order valence-electron chi connectivity index (χ1n) is 13.1. The number of aliphatic hydroxyl groups is 3. The normalized spacial score (nSPS) is 26.5. The van der Waals surface area contributed by atoms with Crippen molar-refractivity contribution in [1.29, 1.82) is 0 Å². The molecule has 1 saturated heterocycles. The van der Waals surface area contributed by atoms with Gasteiger partial charge in [0.25, 0.3) is 0 Å². The van der Waals surface area contributed by atoms with Crippen LogP contribution in [0.3, 0.4) is 0 Å². The van der Waals surface area contributed by atoms with Crippen LogP contribution >= 0.6 is 0 Å². The maximum atomic E-state index is 9.86. The second-order valence-electron chi connectivity index (χ2n) is 10.7. The first-order chi connectivity index (χ1) is 15.2. The van der Waals surface area contributed by atoms with Crippen LogP contribution < -0.4 is 0 Å². The highest BCUT2D eigenvalue weighted by atomic mass is 16.7. The summed E-state index contributed by atoms with van der Waals surface area (Å²) in [5, 5.41) is 29.0. The van der Waals surface area contributed by atoms with Gasteiger partial charge < -0.3 is 24.8 Å². The molecule has 5 nitrogen and oxygen atoms in total. The van der Waals surface area contributed by atoms with Crippen molar-refractivity contribution in [3.63, 3.8) is 0 Å². The van der Waals surface area contributed by atoms with E-state index in [1.165, 1.54) is 56.9 Å². The van der Waals surface area contributed by atoms with Gasteiger partial charge in [0.05, 0.1) is 13.2 Å². The van der Waals surface area contributed by atoms with E-state index in [4.69, 9.17) is 9.47 Å². The number of aliphatic hydroxyl groups excluding tert-OH is 3. The number of rotatable bonds is 17. The van der Waals surface area contributed by atoms with Crippen LogP contribution in [-0.4, -0.2) is 53.1 Å². The van der Waals surface area contributed by atoms with Crippen LogP contribution in [-0.2, 0) is 9.47 Å². The lowest BCUT2D eigenvalue weighted by Gasteiger charge is -2.34. The van der Waals surface area contributed by atoms with Gasteiger partial charge in [-0.25, -0.2) is 0 Å². The Hall–Kier alpha value is -0.460. The second kappa shape index (κ2) is 17.0. The van der Waals surface area contributed by atoms with Crippen LogP contribution in [0, 0.1) is 17.8 Å². The van der Waals surface area contributed by atoms with Gasteiger partial charge in [0.15, 0.2) is 6.29 Å². The fourth-order valence-corrected chi connectivity index (χ4v) is 4.37. The third kappa shape index (κ3) is 13.3. The van der Waals surface area contributed by atoms with E-state index in [1.807, 2.05) is 0 Å². The zero-order valence-electron chi connectivity index (χ0n) is 21.5. The fraction of sp³-hybridized carbons (Fsp3) is 0.926. The molecule has 0 radical (unpaired) electrons. The van der Waals surface area contributed by atoms with Gasteiger partial charge >= 0.3 is 0 Å². The smallest absolute Gasteiger partial charge is 0.186 e. The molecule has 3 N–H and O–H groups in total. The van der Waals surface area contributed by atoms with Gasteiger partial charge in [-0.1, -0.05) is 84.3 Å². The van der Waals surface area contributed by atoms with Crippen molar-refractivity contribution in [2.24, 2.45) is 17.8 Å². The molecule has 0 saturated carbocycles. The largest absolute Gasteiger partial charge is 0.388 e. The SMILES string of the molecule is C/C(=C\CCCOC1OC[C@@H](O)[C@H](O)[C@H]1O)CCCC(C)CCCC(C)CCCC(C)C. The summed E-state index contributed by atoms with van der Waals surface area (Å²) in [4.78, 5) is 0. The molecule has 1 heterocycles. The summed E-state index contributed by atoms with van der Waals surface area (Å²) < 4.78 is 10.8. The minimum Gasteiger partial charge on any atom is -0.388 e. The first kappa shape index (κ1) is 29.6. The summed E-state index contributed by atoms with van der Waals surface area (Å²) in [7, 11) is 0. The Balaban J connectivity index is 2.03. The van der Waals surface area contributed by atoms with E-state index in [0.717, 1.165) is 37.0 Å². The minimum atomic E-state index is -1.21. The van der Waals surface area contributed by atoms with E-state index in [9.17, 15) is 15.3 Å². The average molecular weight is 457 g/mol. The molecule has 5 heteroatoms. The molecule has 0 aliphatic carbocycles. The summed E-state index contributed by atoms with van der Waals surface area (Å²) in [6.45, 7) is 12.1. The monoisotopic (exact) mass is 456 g/mol. The number of ether oxygens (including phenoxy) is 2. The van der Waals surface area contributed by atoms with Gasteiger partial charge in [0, 0.05) is 0 Å². The molecule has 0 aromatic heterocycles. The van der Waals surface area contributed by atoms with Gasteiger partial charge in [0.1, 0.15) is 18.3 Å². The minimum absolute atomic E-state index is 0.0162.